The highest BCUT2D eigenvalue weighted by Gasteiger charge is 2.12. The Morgan fingerprint density at radius 2 is 1.77 bits per heavy atom. The van der Waals surface area contributed by atoms with E-state index >= 15 is 0 Å². The molecule has 0 unspecified atom stereocenters. The van der Waals surface area contributed by atoms with E-state index in [1.54, 1.807) is 30.6 Å². The standard InChI is InChI=1S/C24H21N3O2S/c1-16-6-5-7-19(14-16)26-24-27-21(15-30-24)17-10-12-18(13-11-17)25-23(28)20-8-3-4-9-22(20)29-2/h3-15H,1-2H3,(H,25,28)(H,26,27). The molecule has 0 fully saturated rings. The summed E-state index contributed by atoms with van der Waals surface area (Å²) in [5.74, 6) is 0.334. The first-order valence-corrected chi connectivity index (χ1v) is 10.3. The molecule has 4 rings (SSSR count). The van der Waals surface area contributed by atoms with Crippen LogP contribution in [0, 0.1) is 6.92 Å². The normalized spacial score (nSPS) is 10.5. The van der Waals surface area contributed by atoms with Gasteiger partial charge >= 0.3 is 0 Å². The molecule has 3 aromatic carbocycles. The number of anilines is 3. The lowest BCUT2D eigenvalue weighted by molar-refractivity contribution is 0.102. The molecule has 6 heteroatoms. The monoisotopic (exact) mass is 415 g/mol. The van der Waals surface area contributed by atoms with Crippen molar-refractivity contribution in [2.75, 3.05) is 17.7 Å². The maximum absolute atomic E-state index is 12.5. The Morgan fingerprint density at radius 3 is 2.53 bits per heavy atom. The Kier molecular flexibility index (Phi) is 5.77. The molecular formula is C24H21N3O2S. The highest BCUT2D eigenvalue weighted by Crippen LogP contribution is 2.28. The smallest absolute Gasteiger partial charge is 0.259 e. The van der Waals surface area contributed by atoms with Crippen LogP contribution in [0.5, 0.6) is 5.75 Å². The second kappa shape index (κ2) is 8.80. The third-order valence-corrected chi connectivity index (χ3v) is 5.32. The summed E-state index contributed by atoms with van der Waals surface area (Å²) < 4.78 is 5.26. The molecule has 0 spiro atoms. The number of methoxy groups -OCH3 is 1. The van der Waals surface area contributed by atoms with Crippen LogP contribution in [0.15, 0.2) is 78.2 Å². The number of thiazole rings is 1. The van der Waals surface area contributed by atoms with Crippen molar-refractivity contribution in [3.63, 3.8) is 0 Å². The molecule has 0 aliphatic rings. The minimum atomic E-state index is -0.210. The van der Waals surface area contributed by atoms with E-state index in [0.717, 1.165) is 22.1 Å². The number of aryl methyl sites for hydroxylation is 1. The van der Waals surface area contributed by atoms with Gasteiger partial charge in [-0.25, -0.2) is 4.98 Å². The Balaban J connectivity index is 1.45. The summed E-state index contributed by atoms with van der Waals surface area (Å²) in [5, 5.41) is 9.10. The molecule has 0 saturated heterocycles. The Bertz CT molecular complexity index is 1170. The zero-order valence-corrected chi connectivity index (χ0v) is 17.5. The van der Waals surface area contributed by atoms with E-state index in [2.05, 4.69) is 34.7 Å². The lowest BCUT2D eigenvalue weighted by Gasteiger charge is -2.09. The van der Waals surface area contributed by atoms with Gasteiger partial charge in [0.1, 0.15) is 5.75 Å². The van der Waals surface area contributed by atoms with Gasteiger partial charge in [-0.1, -0.05) is 36.4 Å². The van der Waals surface area contributed by atoms with Crippen molar-refractivity contribution in [2.24, 2.45) is 0 Å². The minimum absolute atomic E-state index is 0.210. The average molecular weight is 416 g/mol. The Morgan fingerprint density at radius 1 is 0.967 bits per heavy atom. The van der Waals surface area contributed by atoms with Gasteiger partial charge in [-0.2, -0.15) is 0 Å². The molecule has 0 saturated carbocycles. The van der Waals surface area contributed by atoms with Crippen LogP contribution in [0.25, 0.3) is 11.3 Å². The molecule has 2 N–H and O–H groups in total. The molecule has 1 aromatic heterocycles. The quantitative estimate of drug-likeness (QED) is 0.398. The third-order valence-electron chi connectivity index (χ3n) is 4.56. The van der Waals surface area contributed by atoms with Gasteiger partial charge in [0.25, 0.3) is 5.91 Å². The fraction of sp³-hybridized carbons (Fsp3) is 0.0833. The maximum Gasteiger partial charge on any atom is 0.259 e. The number of para-hydroxylation sites is 1. The number of benzene rings is 3. The number of nitrogens with zero attached hydrogens (tertiary/aromatic N) is 1. The minimum Gasteiger partial charge on any atom is -0.496 e. The van der Waals surface area contributed by atoms with Crippen LogP contribution < -0.4 is 15.4 Å². The summed E-state index contributed by atoms with van der Waals surface area (Å²) in [6.07, 6.45) is 0. The molecule has 0 aliphatic heterocycles. The summed E-state index contributed by atoms with van der Waals surface area (Å²) in [6.45, 7) is 2.06. The van der Waals surface area contributed by atoms with Gasteiger partial charge in [0.2, 0.25) is 0 Å². The van der Waals surface area contributed by atoms with Gasteiger partial charge in [-0.15, -0.1) is 11.3 Å². The highest BCUT2D eigenvalue weighted by molar-refractivity contribution is 7.14. The van der Waals surface area contributed by atoms with Crippen LogP contribution in [0.3, 0.4) is 0 Å². The second-order valence-corrected chi connectivity index (χ2v) is 7.62. The van der Waals surface area contributed by atoms with E-state index in [4.69, 9.17) is 4.74 Å². The SMILES string of the molecule is COc1ccccc1C(=O)Nc1ccc(-c2csc(Nc3cccc(C)c3)n2)cc1. The molecule has 4 aromatic rings. The van der Waals surface area contributed by atoms with Crippen molar-refractivity contribution in [1.82, 2.24) is 4.98 Å². The number of ether oxygens (including phenoxy) is 1. The van der Waals surface area contributed by atoms with E-state index in [1.165, 1.54) is 5.56 Å². The van der Waals surface area contributed by atoms with E-state index in [9.17, 15) is 4.79 Å². The zero-order valence-electron chi connectivity index (χ0n) is 16.7. The van der Waals surface area contributed by atoms with Crippen molar-refractivity contribution in [2.45, 2.75) is 6.92 Å². The number of hydrogen-bond acceptors (Lipinski definition) is 5. The fourth-order valence-electron chi connectivity index (χ4n) is 3.07. The lowest BCUT2D eigenvalue weighted by Crippen LogP contribution is -2.12. The van der Waals surface area contributed by atoms with E-state index in [1.807, 2.05) is 53.9 Å². The summed E-state index contributed by atoms with van der Waals surface area (Å²) in [4.78, 5) is 17.2. The van der Waals surface area contributed by atoms with Crippen LogP contribution in [-0.2, 0) is 0 Å². The number of rotatable bonds is 6. The van der Waals surface area contributed by atoms with Crippen LogP contribution in [0.4, 0.5) is 16.5 Å². The van der Waals surface area contributed by atoms with Crippen LogP contribution in [0.2, 0.25) is 0 Å². The maximum atomic E-state index is 12.5. The Hall–Kier alpha value is -3.64. The molecule has 0 bridgehead atoms. The van der Waals surface area contributed by atoms with Gasteiger partial charge in [-0.05, 0) is 48.9 Å². The van der Waals surface area contributed by atoms with Crippen molar-refractivity contribution >= 4 is 33.8 Å². The molecule has 5 nitrogen and oxygen atoms in total. The van der Waals surface area contributed by atoms with Crippen molar-refractivity contribution in [3.8, 4) is 17.0 Å². The average Bonchev–Trinajstić information content (AvgIpc) is 3.22. The summed E-state index contributed by atoms with van der Waals surface area (Å²) in [6, 6.07) is 23.0. The van der Waals surface area contributed by atoms with Crippen LogP contribution in [-0.4, -0.2) is 18.0 Å². The molecule has 150 valence electrons. The first-order chi connectivity index (χ1) is 14.6. The van der Waals surface area contributed by atoms with Crippen molar-refractivity contribution in [3.05, 3.63) is 89.3 Å². The van der Waals surface area contributed by atoms with E-state index in [0.29, 0.717) is 17.0 Å². The first-order valence-electron chi connectivity index (χ1n) is 9.46. The number of nitrogens with one attached hydrogen (secondary N) is 2. The summed E-state index contributed by atoms with van der Waals surface area (Å²) in [5.41, 5.74) is 5.29. The Labute approximate surface area is 179 Å². The second-order valence-electron chi connectivity index (χ2n) is 6.76. The predicted molar refractivity (Wildman–Crippen MR) is 123 cm³/mol. The summed E-state index contributed by atoms with van der Waals surface area (Å²) in [7, 11) is 1.55. The highest BCUT2D eigenvalue weighted by atomic mass is 32.1. The largest absolute Gasteiger partial charge is 0.496 e. The van der Waals surface area contributed by atoms with Crippen LogP contribution >= 0.6 is 11.3 Å². The molecule has 30 heavy (non-hydrogen) atoms. The number of hydrogen-bond donors (Lipinski definition) is 2. The van der Waals surface area contributed by atoms with Crippen molar-refractivity contribution < 1.29 is 9.53 Å². The first kappa shape index (κ1) is 19.7. The number of carbonyl (C=O) groups excluding carboxylic acids is 1. The molecule has 0 atom stereocenters. The lowest BCUT2D eigenvalue weighted by atomic mass is 10.1. The predicted octanol–water partition coefficient (Wildman–Crippen LogP) is 6.12. The third kappa shape index (κ3) is 4.50. The van der Waals surface area contributed by atoms with E-state index in [-0.39, 0.29) is 5.91 Å². The molecule has 1 amide bonds. The van der Waals surface area contributed by atoms with Gasteiger partial charge in [-0.3, -0.25) is 4.79 Å². The van der Waals surface area contributed by atoms with E-state index < -0.39 is 0 Å². The van der Waals surface area contributed by atoms with Crippen molar-refractivity contribution in [1.29, 1.82) is 0 Å². The molecular weight excluding hydrogens is 394 g/mol. The van der Waals surface area contributed by atoms with Crippen LogP contribution in [0.1, 0.15) is 15.9 Å². The molecule has 1 heterocycles. The van der Waals surface area contributed by atoms with Gasteiger partial charge in [0.15, 0.2) is 5.13 Å². The fourth-order valence-corrected chi connectivity index (χ4v) is 3.80. The van der Waals surface area contributed by atoms with Gasteiger partial charge in [0, 0.05) is 22.3 Å². The van der Waals surface area contributed by atoms with Gasteiger partial charge < -0.3 is 15.4 Å². The molecule has 0 radical (unpaired) electrons. The van der Waals surface area contributed by atoms with Gasteiger partial charge in [0.05, 0.1) is 18.4 Å². The number of carbonyl (C=O) groups is 1. The zero-order chi connectivity index (χ0) is 20.9. The topological polar surface area (TPSA) is 63.2 Å². The number of aromatic nitrogens is 1. The molecule has 0 aliphatic carbocycles. The number of amides is 1. The summed E-state index contributed by atoms with van der Waals surface area (Å²) >= 11 is 1.56.